The third-order valence-corrected chi connectivity index (χ3v) is 2.57. The topological polar surface area (TPSA) is 54.3 Å². The largest absolute Gasteiger partial charge is 0.468 e. The highest BCUT2D eigenvalue weighted by Crippen LogP contribution is 2.02. The van der Waals surface area contributed by atoms with Gasteiger partial charge in [-0.25, -0.2) is 4.39 Å². The summed E-state index contributed by atoms with van der Waals surface area (Å²) in [5.74, 6) is 0.386. The highest BCUT2D eigenvalue weighted by Gasteiger charge is 2.02. The molecule has 2 N–H and O–H groups in total. The molecule has 0 aliphatic carbocycles. The second kappa shape index (κ2) is 6.70. The lowest BCUT2D eigenvalue weighted by atomic mass is 10.2. The number of rotatable bonds is 6. The minimum Gasteiger partial charge on any atom is -0.468 e. The van der Waals surface area contributed by atoms with Crippen molar-refractivity contribution in [2.24, 2.45) is 0 Å². The number of halogens is 1. The maximum Gasteiger partial charge on any atom is 0.234 e. The normalized spacial score (nSPS) is 10.4. The van der Waals surface area contributed by atoms with Gasteiger partial charge in [0.2, 0.25) is 5.91 Å². The van der Waals surface area contributed by atoms with E-state index in [0.717, 1.165) is 11.3 Å². The molecule has 0 bridgehead atoms. The van der Waals surface area contributed by atoms with E-state index in [4.69, 9.17) is 4.42 Å². The van der Waals surface area contributed by atoms with Crippen LogP contribution < -0.4 is 10.6 Å². The molecule has 1 aromatic carbocycles. The number of hydrogen-bond donors (Lipinski definition) is 2. The third-order valence-electron chi connectivity index (χ3n) is 2.57. The van der Waals surface area contributed by atoms with Crippen LogP contribution in [0.25, 0.3) is 0 Å². The summed E-state index contributed by atoms with van der Waals surface area (Å²) in [7, 11) is 0. The zero-order valence-corrected chi connectivity index (χ0v) is 10.4. The lowest BCUT2D eigenvalue weighted by Gasteiger charge is -2.06. The van der Waals surface area contributed by atoms with Crippen LogP contribution in [0.3, 0.4) is 0 Å². The Morgan fingerprint density at radius 2 is 1.95 bits per heavy atom. The van der Waals surface area contributed by atoms with Gasteiger partial charge in [0, 0.05) is 6.54 Å². The van der Waals surface area contributed by atoms with Gasteiger partial charge in [-0.3, -0.25) is 4.79 Å². The lowest BCUT2D eigenvalue weighted by Crippen LogP contribution is -2.33. The van der Waals surface area contributed by atoms with Crippen LogP contribution in [0.5, 0.6) is 0 Å². The summed E-state index contributed by atoms with van der Waals surface area (Å²) in [6.07, 6.45) is 1.59. The van der Waals surface area contributed by atoms with Crippen LogP contribution in [0.2, 0.25) is 0 Å². The van der Waals surface area contributed by atoms with Crippen molar-refractivity contribution in [3.8, 4) is 0 Å². The van der Waals surface area contributed by atoms with Gasteiger partial charge in [0.1, 0.15) is 11.6 Å². The van der Waals surface area contributed by atoms with Gasteiger partial charge in [0.15, 0.2) is 0 Å². The molecular formula is C14H15FN2O2. The summed E-state index contributed by atoms with van der Waals surface area (Å²) in [5, 5.41) is 5.71. The molecule has 2 rings (SSSR count). The van der Waals surface area contributed by atoms with E-state index < -0.39 is 0 Å². The standard InChI is InChI=1S/C14H15FN2O2/c15-12-5-3-11(4-6-12)8-17-14(18)10-16-9-13-2-1-7-19-13/h1-7,16H,8-10H2,(H,17,18). The Hall–Kier alpha value is -2.14. The van der Waals surface area contributed by atoms with E-state index in [-0.39, 0.29) is 18.3 Å². The molecule has 0 saturated heterocycles. The smallest absolute Gasteiger partial charge is 0.234 e. The minimum absolute atomic E-state index is 0.115. The van der Waals surface area contributed by atoms with E-state index in [0.29, 0.717) is 13.1 Å². The van der Waals surface area contributed by atoms with E-state index >= 15 is 0 Å². The van der Waals surface area contributed by atoms with Crippen molar-refractivity contribution in [2.45, 2.75) is 13.1 Å². The Balaban J connectivity index is 1.65. The van der Waals surface area contributed by atoms with Crippen molar-refractivity contribution in [1.29, 1.82) is 0 Å². The average molecular weight is 262 g/mol. The molecule has 0 aliphatic rings. The fourth-order valence-corrected chi connectivity index (χ4v) is 1.58. The maximum atomic E-state index is 12.7. The van der Waals surface area contributed by atoms with E-state index in [1.165, 1.54) is 12.1 Å². The summed E-state index contributed by atoms with van der Waals surface area (Å²) in [6.45, 7) is 1.11. The zero-order chi connectivity index (χ0) is 13.5. The quantitative estimate of drug-likeness (QED) is 0.835. The Labute approximate surface area is 110 Å². The second-order valence-corrected chi connectivity index (χ2v) is 4.09. The first-order valence-corrected chi connectivity index (χ1v) is 5.98. The molecule has 5 heteroatoms. The molecule has 0 saturated carbocycles. The Kier molecular flexibility index (Phi) is 4.69. The first kappa shape index (κ1) is 13.3. The first-order valence-electron chi connectivity index (χ1n) is 5.98. The molecule has 0 unspecified atom stereocenters. The number of nitrogens with one attached hydrogen (secondary N) is 2. The first-order chi connectivity index (χ1) is 9.24. The SMILES string of the molecule is O=C(CNCc1ccco1)NCc1ccc(F)cc1. The van der Waals surface area contributed by atoms with E-state index in [1.54, 1.807) is 24.5 Å². The number of furan rings is 1. The Bertz CT molecular complexity index is 509. The van der Waals surface area contributed by atoms with Crippen LogP contribution >= 0.6 is 0 Å². The van der Waals surface area contributed by atoms with Gasteiger partial charge in [-0.2, -0.15) is 0 Å². The van der Waals surface area contributed by atoms with Crippen LogP contribution in [0.1, 0.15) is 11.3 Å². The monoisotopic (exact) mass is 262 g/mol. The Morgan fingerprint density at radius 1 is 1.16 bits per heavy atom. The van der Waals surface area contributed by atoms with Crippen molar-refractivity contribution in [3.63, 3.8) is 0 Å². The van der Waals surface area contributed by atoms with Gasteiger partial charge in [0.05, 0.1) is 19.4 Å². The molecule has 4 nitrogen and oxygen atoms in total. The highest BCUT2D eigenvalue weighted by molar-refractivity contribution is 5.77. The van der Waals surface area contributed by atoms with Crippen molar-refractivity contribution >= 4 is 5.91 Å². The molecule has 1 aromatic heterocycles. The minimum atomic E-state index is -0.282. The van der Waals surface area contributed by atoms with Gasteiger partial charge in [0.25, 0.3) is 0 Å². The van der Waals surface area contributed by atoms with Crippen LogP contribution in [0.4, 0.5) is 4.39 Å². The van der Waals surface area contributed by atoms with Crippen LogP contribution in [0.15, 0.2) is 47.1 Å². The molecule has 0 spiro atoms. The second-order valence-electron chi connectivity index (χ2n) is 4.09. The molecule has 19 heavy (non-hydrogen) atoms. The van der Waals surface area contributed by atoms with E-state index in [2.05, 4.69) is 10.6 Å². The van der Waals surface area contributed by atoms with Gasteiger partial charge < -0.3 is 15.1 Å². The fraction of sp³-hybridized carbons (Fsp3) is 0.214. The van der Waals surface area contributed by atoms with Gasteiger partial charge >= 0.3 is 0 Å². The van der Waals surface area contributed by atoms with E-state index in [9.17, 15) is 9.18 Å². The molecule has 2 aromatic rings. The summed E-state index contributed by atoms with van der Waals surface area (Å²) in [4.78, 5) is 11.5. The van der Waals surface area contributed by atoms with Crippen LogP contribution in [-0.2, 0) is 17.9 Å². The molecule has 100 valence electrons. The summed E-state index contributed by atoms with van der Waals surface area (Å²) in [6, 6.07) is 9.67. The lowest BCUT2D eigenvalue weighted by molar-refractivity contribution is -0.120. The van der Waals surface area contributed by atoms with Crippen molar-refractivity contribution in [1.82, 2.24) is 10.6 Å². The predicted molar refractivity (Wildman–Crippen MR) is 68.7 cm³/mol. The van der Waals surface area contributed by atoms with Crippen molar-refractivity contribution < 1.29 is 13.6 Å². The molecule has 1 heterocycles. The van der Waals surface area contributed by atoms with Gasteiger partial charge in [-0.15, -0.1) is 0 Å². The van der Waals surface area contributed by atoms with E-state index in [1.807, 2.05) is 6.07 Å². The molecule has 0 fully saturated rings. The number of carbonyl (C=O) groups excluding carboxylic acids is 1. The Morgan fingerprint density at radius 3 is 2.63 bits per heavy atom. The highest BCUT2D eigenvalue weighted by atomic mass is 19.1. The molecule has 0 atom stereocenters. The van der Waals surface area contributed by atoms with Gasteiger partial charge in [-0.05, 0) is 29.8 Å². The molecular weight excluding hydrogens is 247 g/mol. The summed E-state index contributed by atoms with van der Waals surface area (Å²) < 4.78 is 17.8. The summed E-state index contributed by atoms with van der Waals surface area (Å²) >= 11 is 0. The average Bonchev–Trinajstić information content (AvgIpc) is 2.91. The van der Waals surface area contributed by atoms with Crippen molar-refractivity contribution in [2.75, 3.05) is 6.54 Å². The molecule has 0 radical (unpaired) electrons. The molecule has 0 aliphatic heterocycles. The third kappa shape index (κ3) is 4.56. The number of amides is 1. The van der Waals surface area contributed by atoms with Crippen LogP contribution in [-0.4, -0.2) is 12.5 Å². The predicted octanol–water partition coefficient (Wildman–Crippen LogP) is 1.82. The number of hydrogen-bond acceptors (Lipinski definition) is 3. The fourth-order valence-electron chi connectivity index (χ4n) is 1.58. The van der Waals surface area contributed by atoms with Crippen molar-refractivity contribution in [3.05, 3.63) is 59.8 Å². The van der Waals surface area contributed by atoms with Gasteiger partial charge in [-0.1, -0.05) is 12.1 Å². The summed E-state index contributed by atoms with van der Waals surface area (Å²) in [5.41, 5.74) is 0.862. The maximum absolute atomic E-state index is 12.7. The van der Waals surface area contributed by atoms with Crippen LogP contribution in [0, 0.1) is 5.82 Å². The number of benzene rings is 1. The molecule has 1 amide bonds. The zero-order valence-electron chi connectivity index (χ0n) is 10.4. The number of carbonyl (C=O) groups is 1.